The molecule has 1 nitrogen and oxygen atoms in total. The Morgan fingerprint density at radius 2 is 1.67 bits per heavy atom. The summed E-state index contributed by atoms with van der Waals surface area (Å²) in [6.45, 7) is 9.12. The van der Waals surface area contributed by atoms with Crippen molar-refractivity contribution in [2.75, 3.05) is 12.4 Å². The van der Waals surface area contributed by atoms with Gasteiger partial charge in [0.1, 0.15) is 5.75 Å². The van der Waals surface area contributed by atoms with E-state index in [0.29, 0.717) is 6.61 Å². The smallest absolute Gasteiger partial charge is 0.119 e. The van der Waals surface area contributed by atoms with Gasteiger partial charge in [0, 0.05) is 10.4 Å². The van der Waals surface area contributed by atoms with Crippen LogP contribution in [0.3, 0.4) is 0 Å². The van der Waals surface area contributed by atoms with Gasteiger partial charge in [0.05, 0.1) is 6.61 Å². The molecule has 0 spiro atoms. The van der Waals surface area contributed by atoms with Gasteiger partial charge in [0.2, 0.25) is 0 Å². The standard InChI is InChI=1S/C15H23ClOS/c1-5-15(6-2,10-18)9-17-13-7-11(3)14(16)12(4)8-13/h7-8,18H,5-6,9-10H2,1-4H3. The average Bonchev–Trinajstić information content (AvgIpc) is 2.38. The van der Waals surface area contributed by atoms with Gasteiger partial charge in [0.25, 0.3) is 0 Å². The molecule has 102 valence electrons. The van der Waals surface area contributed by atoms with Gasteiger partial charge < -0.3 is 4.74 Å². The summed E-state index contributed by atoms with van der Waals surface area (Å²) in [4.78, 5) is 0. The molecular formula is C15H23ClOS. The zero-order valence-corrected chi connectivity index (χ0v) is 13.4. The van der Waals surface area contributed by atoms with Gasteiger partial charge in [-0.05, 0) is 55.7 Å². The number of aryl methyl sites for hydroxylation is 2. The van der Waals surface area contributed by atoms with E-state index < -0.39 is 0 Å². The third kappa shape index (κ3) is 3.58. The van der Waals surface area contributed by atoms with Crippen molar-refractivity contribution in [1.82, 2.24) is 0 Å². The first-order valence-electron chi connectivity index (χ1n) is 6.48. The van der Waals surface area contributed by atoms with E-state index >= 15 is 0 Å². The fraction of sp³-hybridized carbons (Fsp3) is 0.600. The van der Waals surface area contributed by atoms with E-state index in [0.717, 1.165) is 40.5 Å². The summed E-state index contributed by atoms with van der Waals surface area (Å²) in [5.74, 6) is 1.76. The monoisotopic (exact) mass is 286 g/mol. The molecule has 0 amide bonds. The minimum absolute atomic E-state index is 0.171. The van der Waals surface area contributed by atoms with Crippen LogP contribution >= 0.6 is 24.2 Å². The van der Waals surface area contributed by atoms with Crippen LogP contribution in [0.25, 0.3) is 0 Å². The molecule has 0 N–H and O–H groups in total. The Labute approximate surface area is 121 Å². The molecule has 0 aliphatic carbocycles. The summed E-state index contributed by atoms with van der Waals surface area (Å²) < 4.78 is 5.95. The summed E-state index contributed by atoms with van der Waals surface area (Å²) in [6.07, 6.45) is 2.16. The Hall–Kier alpha value is -0.340. The second kappa shape index (κ2) is 6.72. The highest BCUT2D eigenvalue weighted by Gasteiger charge is 2.25. The number of hydrogen-bond acceptors (Lipinski definition) is 2. The van der Waals surface area contributed by atoms with Crippen molar-refractivity contribution in [3.63, 3.8) is 0 Å². The lowest BCUT2D eigenvalue weighted by Gasteiger charge is -2.29. The average molecular weight is 287 g/mol. The van der Waals surface area contributed by atoms with Crippen molar-refractivity contribution in [3.8, 4) is 5.75 Å². The van der Waals surface area contributed by atoms with Crippen LogP contribution in [-0.4, -0.2) is 12.4 Å². The minimum Gasteiger partial charge on any atom is -0.493 e. The number of thiol groups is 1. The molecule has 0 unspecified atom stereocenters. The maximum Gasteiger partial charge on any atom is 0.119 e. The van der Waals surface area contributed by atoms with Gasteiger partial charge in [-0.15, -0.1) is 0 Å². The van der Waals surface area contributed by atoms with Crippen molar-refractivity contribution in [3.05, 3.63) is 28.3 Å². The van der Waals surface area contributed by atoms with Crippen LogP contribution in [0.15, 0.2) is 12.1 Å². The minimum atomic E-state index is 0.171. The third-order valence-corrected chi connectivity index (χ3v) is 5.06. The van der Waals surface area contributed by atoms with Gasteiger partial charge in [-0.1, -0.05) is 25.4 Å². The number of hydrogen-bond donors (Lipinski definition) is 1. The van der Waals surface area contributed by atoms with Gasteiger partial charge in [0.15, 0.2) is 0 Å². The highest BCUT2D eigenvalue weighted by atomic mass is 35.5. The zero-order chi connectivity index (χ0) is 13.8. The van der Waals surface area contributed by atoms with Crippen molar-refractivity contribution in [1.29, 1.82) is 0 Å². The van der Waals surface area contributed by atoms with Crippen molar-refractivity contribution >= 4 is 24.2 Å². The lowest BCUT2D eigenvalue weighted by atomic mass is 9.85. The Kier molecular flexibility index (Phi) is 5.87. The molecule has 0 bridgehead atoms. The fourth-order valence-electron chi connectivity index (χ4n) is 1.95. The molecule has 0 radical (unpaired) electrons. The highest BCUT2D eigenvalue weighted by Crippen LogP contribution is 2.31. The molecule has 0 fully saturated rings. The molecule has 1 rings (SSSR count). The molecule has 0 saturated heterocycles. The zero-order valence-electron chi connectivity index (χ0n) is 11.7. The van der Waals surface area contributed by atoms with Gasteiger partial charge in [-0.25, -0.2) is 0 Å². The number of rotatable bonds is 6. The van der Waals surface area contributed by atoms with Crippen LogP contribution in [-0.2, 0) is 0 Å². The summed E-state index contributed by atoms with van der Waals surface area (Å²) >= 11 is 10.6. The predicted molar refractivity (Wildman–Crippen MR) is 83.3 cm³/mol. The molecule has 0 saturated carbocycles. The molecule has 3 heteroatoms. The van der Waals surface area contributed by atoms with E-state index in [9.17, 15) is 0 Å². The molecular weight excluding hydrogens is 264 g/mol. The third-order valence-electron chi connectivity index (χ3n) is 3.79. The number of benzene rings is 1. The molecule has 0 atom stereocenters. The second-order valence-electron chi connectivity index (χ2n) is 5.02. The van der Waals surface area contributed by atoms with Gasteiger partial charge >= 0.3 is 0 Å². The first kappa shape index (κ1) is 15.7. The Morgan fingerprint density at radius 1 is 1.17 bits per heavy atom. The van der Waals surface area contributed by atoms with E-state index in [1.54, 1.807) is 0 Å². The number of halogens is 1. The van der Waals surface area contributed by atoms with Crippen LogP contribution in [0.4, 0.5) is 0 Å². The van der Waals surface area contributed by atoms with Crippen LogP contribution in [0.2, 0.25) is 5.02 Å². The predicted octanol–water partition coefficient (Wildman–Crippen LogP) is 5.07. The quantitative estimate of drug-likeness (QED) is 0.718. The lowest BCUT2D eigenvalue weighted by Crippen LogP contribution is -2.29. The van der Waals surface area contributed by atoms with Crippen LogP contribution in [0.5, 0.6) is 5.75 Å². The fourth-order valence-corrected chi connectivity index (χ4v) is 2.60. The summed E-state index contributed by atoms with van der Waals surface area (Å²) in [6, 6.07) is 4.01. The van der Waals surface area contributed by atoms with E-state index in [4.69, 9.17) is 16.3 Å². The lowest BCUT2D eigenvalue weighted by molar-refractivity contribution is 0.157. The summed E-state index contributed by atoms with van der Waals surface area (Å²) in [7, 11) is 0. The Bertz CT molecular complexity index is 368. The maximum absolute atomic E-state index is 6.15. The molecule has 1 aromatic carbocycles. The van der Waals surface area contributed by atoms with Crippen molar-refractivity contribution < 1.29 is 4.74 Å². The highest BCUT2D eigenvalue weighted by molar-refractivity contribution is 7.80. The Balaban J connectivity index is 2.80. The molecule has 18 heavy (non-hydrogen) atoms. The molecule has 0 aliphatic heterocycles. The van der Waals surface area contributed by atoms with Gasteiger partial charge in [-0.2, -0.15) is 12.6 Å². The second-order valence-corrected chi connectivity index (χ2v) is 5.72. The molecule has 0 heterocycles. The van der Waals surface area contributed by atoms with E-state index in [-0.39, 0.29) is 5.41 Å². The van der Waals surface area contributed by atoms with E-state index in [1.165, 1.54) is 0 Å². The summed E-state index contributed by atoms with van der Waals surface area (Å²) in [5, 5.41) is 0.828. The molecule has 1 aromatic rings. The normalized spacial score (nSPS) is 11.7. The Morgan fingerprint density at radius 3 is 2.06 bits per heavy atom. The SMILES string of the molecule is CCC(CC)(CS)COc1cc(C)c(Cl)c(C)c1. The molecule has 0 aliphatic rings. The topological polar surface area (TPSA) is 9.23 Å². The van der Waals surface area contributed by atoms with Crippen LogP contribution in [0, 0.1) is 19.3 Å². The van der Waals surface area contributed by atoms with E-state index in [2.05, 4.69) is 26.5 Å². The van der Waals surface area contributed by atoms with Crippen LogP contribution < -0.4 is 4.74 Å². The van der Waals surface area contributed by atoms with E-state index in [1.807, 2.05) is 26.0 Å². The summed E-state index contributed by atoms with van der Waals surface area (Å²) in [5.41, 5.74) is 2.30. The van der Waals surface area contributed by atoms with Gasteiger partial charge in [-0.3, -0.25) is 0 Å². The number of ether oxygens (including phenoxy) is 1. The first-order valence-corrected chi connectivity index (χ1v) is 7.49. The largest absolute Gasteiger partial charge is 0.493 e. The van der Waals surface area contributed by atoms with Crippen molar-refractivity contribution in [2.45, 2.75) is 40.5 Å². The molecule has 0 aromatic heterocycles. The maximum atomic E-state index is 6.15. The first-order chi connectivity index (χ1) is 8.48. The van der Waals surface area contributed by atoms with Crippen LogP contribution in [0.1, 0.15) is 37.8 Å². The van der Waals surface area contributed by atoms with Crippen molar-refractivity contribution in [2.24, 2.45) is 5.41 Å².